The van der Waals surface area contributed by atoms with Gasteiger partial charge >= 0.3 is 5.97 Å². The second-order valence-electron chi connectivity index (χ2n) is 3.44. The molecule has 17 heavy (non-hydrogen) atoms. The highest BCUT2D eigenvalue weighted by Gasteiger charge is 2.15. The normalized spacial score (nSPS) is 10.1. The average Bonchev–Trinajstić information content (AvgIpc) is 2.64. The van der Waals surface area contributed by atoms with E-state index in [9.17, 15) is 9.59 Å². The van der Waals surface area contributed by atoms with E-state index in [2.05, 4.69) is 15.9 Å². The molecular weight excluding hydrogens is 306 g/mol. The molecule has 0 spiro atoms. The predicted octanol–water partition coefficient (Wildman–Crippen LogP) is 2.42. The molecule has 0 saturated heterocycles. The highest BCUT2D eigenvalue weighted by atomic mass is 79.9. The molecule has 0 aromatic carbocycles. The highest BCUT2D eigenvalue weighted by Crippen LogP contribution is 2.23. The van der Waals surface area contributed by atoms with Crippen molar-refractivity contribution in [1.29, 1.82) is 0 Å². The second kappa shape index (κ2) is 6.76. The lowest BCUT2D eigenvalue weighted by molar-refractivity contribution is -0.148. The van der Waals surface area contributed by atoms with Crippen LogP contribution < -0.4 is 0 Å². The van der Waals surface area contributed by atoms with Gasteiger partial charge < -0.3 is 9.64 Å². The van der Waals surface area contributed by atoms with Gasteiger partial charge in [-0.1, -0.05) is 0 Å². The Kier molecular flexibility index (Phi) is 5.64. The summed E-state index contributed by atoms with van der Waals surface area (Å²) in [6, 6.07) is 3.88. The van der Waals surface area contributed by atoms with Gasteiger partial charge in [-0.3, -0.25) is 9.59 Å². The van der Waals surface area contributed by atoms with Crippen LogP contribution in [0, 0.1) is 0 Å². The number of carbonyl (C=O) groups is 2. The van der Waals surface area contributed by atoms with Crippen LogP contribution in [0.1, 0.15) is 18.2 Å². The minimum atomic E-state index is -0.475. The number of ether oxygens (including phenoxy) is 1. The number of hydrogen-bond donors (Lipinski definition) is 0. The zero-order chi connectivity index (χ0) is 12.8. The van der Waals surface area contributed by atoms with Crippen molar-refractivity contribution >= 4 is 39.1 Å². The lowest BCUT2D eigenvalue weighted by Gasteiger charge is -2.15. The number of esters is 1. The van der Waals surface area contributed by atoms with Gasteiger partial charge in [0, 0.05) is 11.9 Å². The number of rotatable bonds is 5. The highest BCUT2D eigenvalue weighted by molar-refractivity contribution is 9.11. The first kappa shape index (κ1) is 14.2. The van der Waals surface area contributed by atoms with Crippen molar-refractivity contribution in [3.8, 4) is 0 Å². The first-order valence-electron chi connectivity index (χ1n) is 5.16. The van der Waals surface area contributed by atoms with E-state index in [4.69, 9.17) is 4.74 Å². The molecule has 0 fully saturated rings. The minimum Gasteiger partial charge on any atom is -0.466 e. The molecule has 0 aliphatic carbocycles. The summed E-state index contributed by atoms with van der Waals surface area (Å²) in [6.45, 7) is 2.53. The van der Waals surface area contributed by atoms with Gasteiger partial charge in [0.25, 0.3) is 0 Å². The van der Waals surface area contributed by atoms with Crippen LogP contribution in [-0.4, -0.2) is 30.4 Å². The fourth-order valence-corrected chi connectivity index (χ4v) is 2.77. The van der Waals surface area contributed by atoms with Crippen molar-refractivity contribution in [2.45, 2.75) is 19.9 Å². The Morgan fingerprint density at radius 2 is 2.18 bits per heavy atom. The third-order valence-electron chi connectivity index (χ3n) is 2.05. The van der Waals surface area contributed by atoms with Gasteiger partial charge in [-0.2, -0.15) is 0 Å². The third-order valence-corrected chi connectivity index (χ3v) is 3.66. The molecule has 0 bridgehead atoms. The van der Waals surface area contributed by atoms with Crippen LogP contribution in [0.4, 0.5) is 0 Å². The number of hydrogen-bond acceptors (Lipinski definition) is 4. The molecule has 1 heterocycles. The molecule has 0 saturated carbocycles. The molecule has 0 unspecified atom stereocenters. The molecule has 0 radical (unpaired) electrons. The van der Waals surface area contributed by atoms with Crippen LogP contribution in [0.2, 0.25) is 0 Å². The van der Waals surface area contributed by atoms with E-state index in [1.807, 2.05) is 12.1 Å². The Labute approximate surface area is 113 Å². The minimum absolute atomic E-state index is 0.198. The fourth-order valence-electron chi connectivity index (χ4n) is 1.23. The predicted molar refractivity (Wildman–Crippen MR) is 69.7 cm³/mol. The third kappa shape index (κ3) is 4.87. The SMILES string of the molecule is CCOC(=O)CC(=O)N(C)Cc1ccc(Br)s1. The lowest BCUT2D eigenvalue weighted by atomic mass is 10.3. The van der Waals surface area contributed by atoms with E-state index in [1.54, 1.807) is 25.3 Å². The number of nitrogens with zero attached hydrogens (tertiary/aromatic N) is 1. The fraction of sp³-hybridized carbons (Fsp3) is 0.455. The first-order chi connectivity index (χ1) is 8.02. The van der Waals surface area contributed by atoms with Crippen molar-refractivity contribution < 1.29 is 14.3 Å². The summed E-state index contributed by atoms with van der Waals surface area (Å²) in [5.74, 6) is -0.704. The van der Waals surface area contributed by atoms with E-state index < -0.39 is 5.97 Å². The van der Waals surface area contributed by atoms with Crippen LogP contribution in [0.5, 0.6) is 0 Å². The molecule has 1 amide bonds. The second-order valence-corrected chi connectivity index (χ2v) is 5.98. The molecule has 4 nitrogen and oxygen atoms in total. The maximum absolute atomic E-state index is 11.7. The largest absolute Gasteiger partial charge is 0.466 e. The molecule has 6 heteroatoms. The van der Waals surface area contributed by atoms with Crippen molar-refractivity contribution in [2.75, 3.05) is 13.7 Å². The summed E-state index contributed by atoms with van der Waals surface area (Å²) < 4.78 is 5.75. The Hall–Kier alpha value is -0.880. The van der Waals surface area contributed by atoms with Crippen LogP contribution >= 0.6 is 27.3 Å². The van der Waals surface area contributed by atoms with Gasteiger partial charge in [-0.05, 0) is 35.0 Å². The molecular formula is C11H14BrNO3S. The monoisotopic (exact) mass is 319 g/mol. The van der Waals surface area contributed by atoms with Crippen LogP contribution in [-0.2, 0) is 20.9 Å². The summed E-state index contributed by atoms with van der Waals surface area (Å²) >= 11 is 4.93. The standard InChI is InChI=1S/C11H14BrNO3S/c1-3-16-11(15)6-10(14)13(2)7-8-4-5-9(12)17-8/h4-5H,3,6-7H2,1-2H3. The lowest BCUT2D eigenvalue weighted by Crippen LogP contribution is -2.28. The van der Waals surface area contributed by atoms with E-state index in [-0.39, 0.29) is 12.3 Å². The number of halogens is 1. The number of thiophene rings is 1. The van der Waals surface area contributed by atoms with Gasteiger partial charge in [-0.25, -0.2) is 0 Å². The van der Waals surface area contributed by atoms with Crippen molar-refractivity contribution in [3.05, 3.63) is 20.8 Å². The Bertz CT molecular complexity index is 405. The van der Waals surface area contributed by atoms with Crippen molar-refractivity contribution in [3.63, 3.8) is 0 Å². The zero-order valence-electron chi connectivity index (χ0n) is 9.73. The summed E-state index contributed by atoms with van der Waals surface area (Å²) in [6.07, 6.45) is -0.198. The molecule has 0 aliphatic heterocycles. The smallest absolute Gasteiger partial charge is 0.315 e. The van der Waals surface area contributed by atoms with Crippen LogP contribution in [0.3, 0.4) is 0 Å². The van der Waals surface area contributed by atoms with E-state index >= 15 is 0 Å². The van der Waals surface area contributed by atoms with Crippen molar-refractivity contribution in [1.82, 2.24) is 4.90 Å². The summed E-state index contributed by atoms with van der Waals surface area (Å²) in [4.78, 5) is 25.4. The van der Waals surface area contributed by atoms with Gasteiger partial charge in [0.15, 0.2) is 0 Å². The Morgan fingerprint density at radius 1 is 1.47 bits per heavy atom. The Morgan fingerprint density at radius 3 is 2.71 bits per heavy atom. The zero-order valence-corrected chi connectivity index (χ0v) is 12.1. The molecule has 1 rings (SSSR count). The van der Waals surface area contributed by atoms with Gasteiger partial charge in [0.1, 0.15) is 6.42 Å². The number of carbonyl (C=O) groups excluding carboxylic acids is 2. The van der Waals surface area contributed by atoms with E-state index in [0.29, 0.717) is 13.2 Å². The average molecular weight is 320 g/mol. The van der Waals surface area contributed by atoms with Crippen LogP contribution in [0.25, 0.3) is 0 Å². The molecule has 0 aliphatic rings. The van der Waals surface area contributed by atoms with Gasteiger partial charge in [0.05, 0.1) is 16.9 Å². The van der Waals surface area contributed by atoms with E-state index in [0.717, 1.165) is 8.66 Å². The maximum atomic E-state index is 11.7. The molecule has 0 N–H and O–H groups in total. The molecule has 0 atom stereocenters. The summed E-state index contributed by atoms with van der Waals surface area (Å²) in [5, 5.41) is 0. The number of amides is 1. The maximum Gasteiger partial charge on any atom is 0.315 e. The molecule has 94 valence electrons. The molecule has 1 aromatic rings. The summed E-state index contributed by atoms with van der Waals surface area (Å²) in [7, 11) is 1.68. The van der Waals surface area contributed by atoms with Crippen LogP contribution in [0.15, 0.2) is 15.9 Å². The Balaban J connectivity index is 2.44. The van der Waals surface area contributed by atoms with Gasteiger partial charge in [0.2, 0.25) is 5.91 Å². The quantitative estimate of drug-likeness (QED) is 0.618. The van der Waals surface area contributed by atoms with E-state index in [1.165, 1.54) is 4.90 Å². The topological polar surface area (TPSA) is 46.6 Å². The van der Waals surface area contributed by atoms with Gasteiger partial charge in [-0.15, -0.1) is 11.3 Å². The summed E-state index contributed by atoms with van der Waals surface area (Å²) in [5.41, 5.74) is 0. The molecule has 1 aromatic heterocycles. The van der Waals surface area contributed by atoms with Crippen molar-refractivity contribution in [2.24, 2.45) is 0 Å². The first-order valence-corrected chi connectivity index (χ1v) is 6.77.